The topological polar surface area (TPSA) is 88.2 Å². The molecule has 1 unspecified atom stereocenters. The summed E-state index contributed by atoms with van der Waals surface area (Å²) >= 11 is 1.36. The molecule has 2 aromatic rings. The fraction of sp³-hybridized carbons (Fsp3) is 0.333. The molecule has 1 heterocycles. The molecule has 1 atom stereocenters. The van der Waals surface area contributed by atoms with E-state index in [9.17, 15) is 4.79 Å². The number of nitrogens with one attached hydrogen (secondary N) is 1. The molecule has 0 fully saturated rings. The van der Waals surface area contributed by atoms with Crippen LogP contribution >= 0.6 is 11.3 Å². The van der Waals surface area contributed by atoms with Gasteiger partial charge in [0.2, 0.25) is 0 Å². The summed E-state index contributed by atoms with van der Waals surface area (Å²) in [4.78, 5) is 16.1. The van der Waals surface area contributed by atoms with Crippen LogP contribution in [0.2, 0.25) is 0 Å². The van der Waals surface area contributed by atoms with E-state index in [0.29, 0.717) is 17.1 Å². The first-order chi connectivity index (χ1) is 8.60. The van der Waals surface area contributed by atoms with Crippen molar-refractivity contribution in [3.63, 3.8) is 0 Å². The number of fused-ring (bicyclic) bond motifs is 1. The molecule has 1 aromatic heterocycles. The zero-order valence-electron chi connectivity index (χ0n) is 10.0. The minimum Gasteiger partial charge on any atom is -0.396 e. The van der Waals surface area contributed by atoms with E-state index in [1.54, 1.807) is 18.2 Å². The first kappa shape index (κ1) is 12.8. The Morgan fingerprint density at radius 2 is 2.39 bits per heavy atom. The van der Waals surface area contributed by atoms with E-state index in [1.165, 1.54) is 11.3 Å². The number of nitrogens with two attached hydrogens (primary N) is 1. The number of carbonyl (C=O) groups excluding carboxylic acids is 1. The lowest BCUT2D eigenvalue weighted by atomic mass is 10.1. The van der Waals surface area contributed by atoms with Gasteiger partial charge in [0.15, 0.2) is 5.13 Å². The van der Waals surface area contributed by atoms with E-state index >= 15 is 0 Å². The lowest BCUT2D eigenvalue weighted by Gasteiger charge is -2.12. The number of aliphatic hydroxyl groups is 1. The van der Waals surface area contributed by atoms with E-state index in [2.05, 4.69) is 10.3 Å². The number of carbonyl (C=O) groups is 1. The van der Waals surface area contributed by atoms with Gasteiger partial charge in [0.1, 0.15) is 0 Å². The smallest absolute Gasteiger partial charge is 0.251 e. The Hall–Kier alpha value is -1.66. The quantitative estimate of drug-likeness (QED) is 0.779. The third-order valence-corrected chi connectivity index (χ3v) is 3.45. The summed E-state index contributed by atoms with van der Waals surface area (Å²) < 4.78 is 0.898. The number of nitrogen functional groups attached to an aromatic ring is 1. The summed E-state index contributed by atoms with van der Waals surface area (Å²) in [6.45, 7) is 1.92. The largest absolute Gasteiger partial charge is 0.396 e. The van der Waals surface area contributed by atoms with Crippen LogP contribution in [0.25, 0.3) is 10.2 Å². The zero-order chi connectivity index (χ0) is 13.1. The lowest BCUT2D eigenvalue weighted by Crippen LogP contribution is -2.33. The summed E-state index contributed by atoms with van der Waals surface area (Å²) in [6, 6.07) is 5.24. The van der Waals surface area contributed by atoms with Crippen LogP contribution in [0.4, 0.5) is 5.13 Å². The SMILES string of the molecule is CC(CCO)NC(=O)c1ccc2nc(N)sc2c1. The fourth-order valence-electron chi connectivity index (χ4n) is 1.66. The normalized spacial score (nSPS) is 12.6. The molecule has 2 rings (SSSR count). The Bertz CT molecular complexity index is 567. The summed E-state index contributed by atoms with van der Waals surface area (Å²) in [6.07, 6.45) is 0.543. The number of rotatable bonds is 4. The maximum absolute atomic E-state index is 11.9. The molecule has 6 heteroatoms. The van der Waals surface area contributed by atoms with Crippen molar-refractivity contribution in [2.75, 3.05) is 12.3 Å². The van der Waals surface area contributed by atoms with Crippen molar-refractivity contribution in [1.29, 1.82) is 0 Å². The van der Waals surface area contributed by atoms with Crippen molar-refractivity contribution in [3.05, 3.63) is 23.8 Å². The molecule has 96 valence electrons. The highest BCUT2D eigenvalue weighted by Crippen LogP contribution is 2.24. The third-order valence-electron chi connectivity index (χ3n) is 2.61. The Labute approximate surface area is 109 Å². The van der Waals surface area contributed by atoms with Gasteiger partial charge >= 0.3 is 0 Å². The van der Waals surface area contributed by atoms with Gasteiger partial charge in [-0.25, -0.2) is 4.98 Å². The average molecular weight is 265 g/mol. The van der Waals surface area contributed by atoms with E-state index in [-0.39, 0.29) is 18.6 Å². The molecule has 0 spiro atoms. The van der Waals surface area contributed by atoms with Gasteiger partial charge in [-0.1, -0.05) is 11.3 Å². The van der Waals surface area contributed by atoms with Crippen LogP contribution in [-0.4, -0.2) is 28.6 Å². The number of aliphatic hydroxyl groups excluding tert-OH is 1. The molecule has 0 saturated carbocycles. The first-order valence-electron chi connectivity index (χ1n) is 5.68. The van der Waals surface area contributed by atoms with E-state index in [4.69, 9.17) is 10.8 Å². The molecule has 0 aliphatic heterocycles. The highest BCUT2D eigenvalue weighted by molar-refractivity contribution is 7.22. The van der Waals surface area contributed by atoms with Gasteiger partial charge in [-0.2, -0.15) is 0 Å². The van der Waals surface area contributed by atoms with Gasteiger partial charge in [0, 0.05) is 18.2 Å². The van der Waals surface area contributed by atoms with Crippen LogP contribution in [0, 0.1) is 0 Å². The maximum atomic E-state index is 11.9. The monoisotopic (exact) mass is 265 g/mol. The number of anilines is 1. The van der Waals surface area contributed by atoms with Crippen molar-refractivity contribution < 1.29 is 9.90 Å². The first-order valence-corrected chi connectivity index (χ1v) is 6.49. The van der Waals surface area contributed by atoms with Gasteiger partial charge in [0.05, 0.1) is 10.2 Å². The van der Waals surface area contributed by atoms with Crippen LogP contribution in [-0.2, 0) is 0 Å². The molecule has 5 nitrogen and oxygen atoms in total. The van der Waals surface area contributed by atoms with E-state index < -0.39 is 0 Å². The van der Waals surface area contributed by atoms with E-state index in [0.717, 1.165) is 10.2 Å². The Kier molecular flexibility index (Phi) is 3.78. The van der Waals surface area contributed by atoms with Crippen molar-refractivity contribution in [2.24, 2.45) is 0 Å². The number of hydrogen-bond acceptors (Lipinski definition) is 5. The maximum Gasteiger partial charge on any atom is 0.251 e. The molecule has 0 bridgehead atoms. The van der Waals surface area contributed by atoms with Gasteiger partial charge in [-0.15, -0.1) is 0 Å². The Balaban J connectivity index is 2.17. The number of amides is 1. The molecule has 4 N–H and O–H groups in total. The highest BCUT2D eigenvalue weighted by Gasteiger charge is 2.11. The standard InChI is InChI=1S/C12H15N3O2S/c1-7(4-5-16)14-11(17)8-2-3-9-10(6-8)18-12(13)15-9/h2-3,6-7,16H,4-5H2,1H3,(H2,13,15)(H,14,17). The van der Waals surface area contributed by atoms with E-state index in [1.807, 2.05) is 6.92 Å². The molecule has 1 aromatic carbocycles. The fourth-order valence-corrected chi connectivity index (χ4v) is 2.43. The highest BCUT2D eigenvalue weighted by atomic mass is 32.1. The molecule has 18 heavy (non-hydrogen) atoms. The number of aromatic nitrogens is 1. The number of benzene rings is 1. The number of nitrogens with zero attached hydrogens (tertiary/aromatic N) is 1. The predicted molar refractivity (Wildman–Crippen MR) is 72.7 cm³/mol. The van der Waals surface area contributed by atoms with Gasteiger partial charge in [0.25, 0.3) is 5.91 Å². The summed E-state index contributed by atoms with van der Waals surface area (Å²) in [5.41, 5.74) is 7.00. The van der Waals surface area contributed by atoms with Crippen molar-refractivity contribution in [1.82, 2.24) is 10.3 Å². The van der Waals surface area contributed by atoms with Gasteiger partial charge in [-0.05, 0) is 31.5 Å². The second kappa shape index (κ2) is 5.32. The minimum atomic E-state index is -0.148. The molecule has 0 aliphatic rings. The molecule has 0 radical (unpaired) electrons. The summed E-state index contributed by atoms with van der Waals surface area (Å²) in [5, 5.41) is 12.1. The lowest BCUT2D eigenvalue weighted by molar-refractivity contribution is 0.0934. The minimum absolute atomic E-state index is 0.0512. The molecular weight excluding hydrogens is 250 g/mol. The van der Waals surface area contributed by atoms with Crippen molar-refractivity contribution in [3.8, 4) is 0 Å². The third kappa shape index (κ3) is 2.77. The van der Waals surface area contributed by atoms with Gasteiger partial charge in [-0.3, -0.25) is 4.79 Å². The van der Waals surface area contributed by atoms with Crippen LogP contribution in [0.3, 0.4) is 0 Å². The molecular formula is C12H15N3O2S. The molecule has 0 aliphatic carbocycles. The van der Waals surface area contributed by atoms with Crippen molar-refractivity contribution in [2.45, 2.75) is 19.4 Å². The predicted octanol–water partition coefficient (Wildman–Crippen LogP) is 1.38. The van der Waals surface area contributed by atoms with Crippen molar-refractivity contribution >= 4 is 32.6 Å². The Morgan fingerprint density at radius 1 is 1.61 bits per heavy atom. The Morgan fingerprint density at radius 3 is 3.11 bits per heavy atom. The van der Waals surface area contributed by atoms with Gasteiger partial charge < -0.3 is 16.2 Å². The summed E-state index contributed by atoms with van der Waals surface area (Å²) in [5.74, 6) is -0.148. The van der Waals surface area contributed by atoms with Crippen LogP contribution in [0.1, 0.15) is 23.7 Å². The number of thiazole rings is 1. The second-order valence-electron chi connectivity index (χ2n) is 4.12. The van der Waals surface area contributed by atoms with Crippen LogP contribution in [0.15, 0.2) is 18.2 Å². The molecule has 0 saturated heterocycles. The van der Waals surface area contributed by atoms with Crippen LogP contribution in [0.5, 0.6) is 0 Å². The summed E-state index contributed by atoms with van der Waals surface area (Å²) in [7, 11) is 0. The van der Waals surface area contributed by atoms with Crippen LogP contribution < -0.4 is 11.1 Å². The average Bonchev–Trinajstić information content (AvgIpc) is 2.68. The second-order valence-corrected chi connectivity index (χ2v) is 5.18. The number of hydrogen-bond donors (Lipinski definition) is 3. The molecule has 1 amide bonds. The zero-order valence-corrected chi connectivity index (χ0v) is 10.8.